The summed E-state index contributed by atoms with van der Waals surface area (Å²) in [6.45, 7) is -0.607. The van der Waals surface area contributed by atoms with Gasteiger partial charge in [0.05, 0.1) is 6.61 Å². The third-order valence-corrected chi connectivity index (χ3v) is 5.78. The molecule has 184 valence electrons. The van der Waals surface area contributed by atoms with E-state index in [1.54, 1.807) is 24.3 Å². The van der Waals surface area contributed by atoms with Crippen molar-refractivity contribution in [1.82, 2.24) is 0 Å². The Morgan fingerprint density at radius 1 is 0.750 bits per heavy atom. The molecule has 8 nitrogen and oxygen atoms in total. The zero-order valence-electron chi connectivity index (χ0n) is 19.2. The number of benzene rings is 4. The van der Waals surface area contributed by atoms with Crippen LogP contribution in [0.25, 0.3) is 22.3 Å². The number of phosphoric ester groups is 1. The van der Waals surface area contributed by atoms with Crippen LogP contribution in [0, 0.1) is 0 Å². The van der Waals surface area contributed by atoms with E-state index in [4.69, 9.17) is 20.3 Å². The van der Waals surface area contributed by atoms with Crippen LogP contribution in [0.5, 0.6) is 11.5 Å². The first-order chi connectivity index (χ1) is 17.3. The molecule has 0 aliphatic rings. The van der Waals surface area contributed by atoms with Crippen LogP contribution in [0.1, 0.15) is 0 Å². The largest absolute Gasteiger partial charge is 0.469 e. The first-order valence-corrected chi connectivity index (χ1v) is 12.6. The normalized spacial score (nSPS) is 12.1. The fraction of sp³-hybridized carbons (Fsp3) is 0.0741. The van der Waals surface area contributed by atoms with Gasteiger partial charge in [0.25, 0.3) is 0 Å². The van der Waals surface area contributed by atoms with Crippen LogP contribution in [-0.2, 0) is 13.9 Å². The topological polar surface area (TPSA) is 131 Å². The van der Waals surface area contributed by atoms with Gasteiger partial charge in [-0.15, -0.1) is 0 Å². The molecule has 0 radical (unpaired) electrons. The molecule has 9 heteroatoms. The monoisotopic (exact) mass is 504 g/mol. The van der Waals surface area contributed by atoms with Crippen molar-refractivity contribution in [1.29, 1.82) is 0 Å². The fourth-order valence-corrected chi connectivity index (χ4v) is 3.79. The zero-order chi connectivity index (χ0) is 25.5. The van der Waals surface area contributed by atoms with Crippen molar-refractivity contribution in [2.24, 2.45) is 5.73 Å². The Balaban J connectivity index is 1.33. The van der Waals surface area contributed by atoms with Crippen molar-refractivity contribution in [2.45, 2.75) is 6.04 Å². The van der Waals surface area contributed by atoms with E-state index in [0.717, 1.165) is 16.7 Å². The first-order valence-electron chi connectivity index (χ1n) is 11.1. The number of rotatable bonds is 9. The van der Waals surface area contributed by atoms with E-state index in [1.807, 2.05) is 42.5 Å². The highest BCUT2D eigenvalue weighted by atomic mass is 31.2. The molecule has 0 fully saturated rings. The van der Waals surface area contributed by atoms with E-state index in [1.165, 1.54) is 5.56 Å². The third kappa shape index (κ3) is 7.11. The van der Waals surface area contributed by atoms with Gasteiger partial charge in [0.2, 0.25) is 5.91 Å². The molecule has 1 amide bonds. The summed E-state index contributed by atoms with van der Waals surface area (Å²) >= 11 is 0. The highest BCUT2D eigenvalue weighted by Gasteiger charge is 2.20. The van der Waals surface area contributed by atoms with E-state index in [0.29, 0.717) is 17.2 Å². The quantitative estimate of drug-likeness (QED) is 0.231. The standard InChI is InChI=1S/C27H25N2O6P/c28-26(18-34-36(31,32)33)27(30)29-23-12-16-25(17-13-23)35-24-14-10-22(11-15-24)21-8-6-20(7-9-21)19-4-2-1-3-5-19/h1-17,26H,18,28H2,(H,29,30)(H2,31,32,33)/t26-/m0/s1. The molecule has 0 heterocycles. The second kappa shape index (κ2) is 11.3. The predicted molar refractivity (Wildman–Crippen MR) is 138 cm³/mol. The lowest BCUT2D eigenvalue weighted by atomic mass is 10.0. The second-order valence-electron chi connectivity index (χ2n) is 7.98. The van der Waals surface area contributed by atoms with E-state index in [2.05, 4.69) is 46.2 Å². The molecular formula is C27H25N2O6P. The van der Waals surface area contributed by atoms with Crippen molar-refractivity contribution in [2.75, 3.05) is 11.9 Å². The van der Waals surface area contributed by atoms with E-state index >= 15 is 0 Å². The number of carbonyl (C=O) groups excluding carboxylic acids is 1. The van der Waals surface area contributed by atoms with Crippen molar-refractivity contribution in [3.63, 3.8) is 0 Å². The molecule has 0 bridgehead atoms. The molecule has 4 rings (SSSR count). The van der Waals surface area contributed by atoms with Gasteiger partial charge in [0.15, 0.2) is 0 Å². The van der Waals surface area contributed by atoms with Crippen molar-refractivity contribution >= 4 is 19.4 Å². The number of nitrogens with one attached hydrogen (secondary N) is 1. The molecule has 0 saturated carbocycles. The predicted octanol–water partition coefficient (Wildman–Crippen LogP) is 5.19. The van der Waals surface area contributed by atoms with E-state index < -0.39 is 26.4 Å². The maximum Gasteiger partial charge on any atom is 0.469 e. The van der Waals surface area contributed by atoms with E-state index in [-0.39, 0.29) is 0 Å². The average molecular weight is 504 g/mol. The van der Waals surface area contributed by atoms with Gasteiger partial charge in [0.1, 0.15) is 17.5 Å². The molecule has 5 N–H and O–H groups in total. The molecule has 4 aromatic carbocycles. The van der Waals surface area contributed by atoms with Crippen molar-refractivity contribution < 1.29 is 28.4 Å². The number of hydrogen-bond acceptors (Lipinski definition) is 5. The Labute approximate surface area is 208 Å². The minimum absolute atomic E-state index is 0.452. The van der Waals surface area contributed by atoms with Crippen LogP contribution in [0.2, 0.25) is 0 Å². The number of amides is 1. The Hall–Kier alpha value is -3.78. The Kier molecular flexibility index (Phi) is 7.95. The summed E-state index contributed by atoms with van der Waals surface area (Å²) in [5, 5.41) is 2.56. The molecule has 0 unspecified atom stereocenters. The van der Waals surface area contributed by atoms with Crippen LogP contribution in [0.15, 0.2) is 103 Å². The van der Waals surface area contributed by atoms with Gasteiger partial charge < -0.3 is 25.6 Å². The zero-order valence-corrected chi connectivity index (χ0v) is 20.0. The highest BCUT2D eigenvalue weighted by molar-refractivity contribution is 7.46. The van der Waals surface area contributed by atoms with Gasteiger partial charge >= 0.3 is 7.82 Å². The molecular weight excluding hydrogens is 479 g/mol. The maximum atomic E-state index is 12.0. The van der Waals surface area contributed by atoms with Crippen molar-refractivity contribution in [3.8, 4) is 33.8 Å². The lowest BCUT2D eigenvalue weighted by molar-refractivity contribution is -0.118. The van der Waals surface area contributed by atoms with Crippen LogP contribution >= 0.6 is 7.82 Å². The summed E-state index contributed by atoms with van der Waals surface area (Å²) in [7, 11) is -4.69. The summed E-state index contributed by atoms with van der Waals surface area (Å²) in [4.78, 5) is 29.4. The van der Waals surface area contributed by atoms with Gasteiger partial charge in [-0.05, 0) is 58.7 Å². The first kappa shape index (κ1) is 25.3. The number of nitrogens with two attached hydrogens (primary N) is 1. The van der Waals surface area contributed by atoms with Crippen LogP contribution in [0.4, 0.5) is 5.69 Å². The number of ether oxygens (including phenoxy) is 1. The molecule has 1 atom stereocenters. The third-order valence-electron chi connectivity index (χ3n) is 5.30. The smallest absolute Gasteiger partial charge is 0.457 e. The van der Waals surface area contributed by atoms with Crippen molar-refractivity contribution in [3.05, 3.63) is 103 Å². The molecule has 4 aromatic rings. The Morgan fingerprint density at radius 2 is 1.19 bits per heavy atom. The number of phosphoric acid groups is 1. The van der Waals surface area contributed by atoms with Gasteiger partial charge in [-0.2, -0.15) is 0 Å². The molecule has 0 aliphatic heterocycles. The van der Waals surface area contributed by atoms with Crippen LogP contribution in [0.3, 0.4) is 0 Å². The molecule has 0 aliphatic carbocycles. The average Bonchev–Trinajstić information content (AvgIpc) is 2.89. The van der Waals surface area contributed by atoms with Crippen LogP contribution < -0.4 is 15.8 Å². The fourth-order valence-electron chi connectivity index (χ4n) is 3.43. The molecule has 36 heavy (non-hydrogen) atoms. The summed E-state index contributed by atoms with van der Waals surface area (Å²) in [5.41, 5.74) is 10.5. The highest BCUT2D eigenvalue weighted by Crippen LogP contribution is 2.35. The Bertz CT molecular complexity index is 1340. The number of carbonyl (C=O) groups is 1. The second-order valence-corrected chi connectivity index (χ2v) is 9.22. The van der Waals surface area contributed by atoms with Gasteiger partial charge in [-0.25, -0.2) is 4.57 Å². The van der Waals surface area contributed by atoms with Gasteiger partial charge in [-0.3, -0.25) is 9.32 Å². The summed E-state index contributed by atoms with van der Waals surface area (Å²) < 4.78 is 20.9. The van der Waals surface area contributed by atoms with Gasteiger partial charge in [0, 0.05) is 5.69 Å². The summed E-state index contributed by atoms with van der Waals surface area (Å²) in [6.07, 6.45) is 0. The lowest BCUT2D eigenvalue weighted by Crippen LogP contribution is -2.39. The Morgan fingerprint density at radius 3 is 1.69 bits per heavy atom. The number of anilines is 1. The van der Waals surface area contributed by atoms with Crippen LogP contribution in [-0.4, -0.2) is 28.3 Å². The minimum Gasteiger partial charge on any atom is -0.457 e. The number of hydrogen-bond donors (Lipinski definition) is 4. The van der Waals surface area contributed by atoms with E-state index in [9.17, 15) is 9.36 Å². The maximum absolute atomic E-state index is 12.0. The lowest BCUT2D eigenvalue weighted by Gasteiger charge is -2.13. The van der Waals surface area contributed by atoms with Gasteiger partial charge in [-0.1, -0.05) is 66.7 Å². The SMILES string of the molecule is N[C@@H](COP(=O)(O)O)C(=O)Nc1ccc(Oc2ccc(-c3ccc(-c4ccccc4)cc3)cc2)cc1. The summed E-state index contributed by atoms with van der Waals surface area (Å²) in [6, 6.07) is 31.8. The molecule has 0 spiro atoms. The molecule has 0 saturated heterocycles. The molecule has 0 aromatic heterocycles. The minimum atomic E-state index is -4.69. The summed E-state index contributed by atoms with van der Waals surface area (Å²) in [5.74, 6) is 0.597.